The van der Waals surface area contributed by atoms with Crippen molar-refractivity contribution in [2.24, 2.45) is 0 Å². The van der Waals surface area contributed by atoms with Gasteiger partial charge in [0.1, 0.15) is 11.6 Å². The number of pyridine rings is 1. The van der Waals surface area contributed by atoms with Crippen LogP contribution in [0.5, 0.6) is 5.88 Å². The molecular weight excluding hydrogens is 578 g/mol. The molecule has 0 unspecified atom stereocenters. The van der Waals surface area contributed by atoms with E-state index >= 15 is 0 Å². The van der Waals surface area contributed by atoms with E-state index in [9.17, 15) is 15.3 Å². The van der Waals surface area contributed by atoms with Gasteiger partial charge in [-0.05, 0) is 42.9 Å². The summed E-state index contributed by atoms with van der Waals surface area (Å²) in [5, 5.41) is 22.6. The number of nitrogens with zero attached hydrogens (tertiary/aromatic N) is 7. The lowest BCUT2D eigenvalue weighted by atomic mass is 9.95. The molecule has 0 aliphatic carbocycles. The highest BCUT2D eigenvalue weighted by atomic mass is 16.5. The number of hydrogen-bond acceptors (Lipinski definition) is 9. The van der Waals surface area contributed by atoms with Crippen LogP contribution in [-0.4, -0.2) is 92.4 Å². The standard InChI is InChI=1S/C36H41N7O3/c1-3-33(44)43-17-16-42(24-28(43)11-13-37)35-29-12-15-41(32-10-5-9-27-8-4-7-26(2)34(27)32)25-31(29)39-36(30(35)23-38)46-20-6-14-40-18-21-45-22-19-40/h3-5,7-10,28H,1,6,11-12,14-22,24-25H2,2H3/t28-/m0/s1. The summed E-state index contributed by atoms with van der Waals surface area (Å²) in [6.07, 6.45) is 3.03. The van der Waals surface area contributed by atoms with Gasteiger partial charge in [0.05, 0.1) is 56.3 Å². The molecule has 6 rings (SSSR count). The highest BCUT2D eigenvalue weighted by molar-refractivity contribution is 5.97. The molecule has 1 atom stereocenters. The molecule has 238 valence electrons. The number of amides is 1. The van der Waals surface area contributed by atoms with Crippen molar-refractivity contribution in [1.82, 2.24) is 14.8 Å². The second-order valence-corrected chi connectivity index (χ2v) is 12.2. The van der Waals surface area contributed by atoms with Crippen molar-refractivity contribution in [1.29, 1.82) is 10.5 Å². The van der Waals surface area contributed by atoms with Crippen LogP contribution in [-0.2, 0) is 22.5 Å². The third-order valence-electron chi connectivity index (χ3n) is 9.38. The lowest BCUT2D eigenvalue weighted by Gasteiger charge is -2.43. The van der Waals surface area contributed by atoms with Crippen LogP contribution in [0.15, 0.2) is 49.1 Å². The van der Waals surface area contributed by atoms with Crippen molar-refractivity contribution in [3.05, 3.63) is 71.4 Å². The number of piperazine rings is 1. The maximum Gasteiger partial charge on any atom is 0.246 e. The molecular formula is C36H41N7O3. The van der Waals surface area contributed by atoms with Crippen molar-refractivity contribution >= 4 is 28.1 Å². The number of benzene rings is 2. The molecule has 3 aromatic rings. The van der Waals surface area contributed by atoms with Gasteiger partial charge in [-0.1, -0.05) is 36.9 Å². The summed E-state index contributed by atoms with van der Waals surface area (Å²) in [4.78, 5) is 26.3. The summed E-state index contributed by atoms with van der Waals surface area (Å²) >= 11 is 0. The quantitative estimate of drug-likeness (QED) is 0.257. The number of ether oxygens (including phenoxy) is 2. The summed E-state index contributed by atoms with van der Waals surface area (Å²) in [5.41, 5.74) is 5.61. The minimum absolute atomic E-state index is 0.178. The summed E-state index contributed by atoms with van der Waals surface area (Å²) in [7, 11) is 0. The van der Waals surface area contributed by atoms with Gasteiger partial charge in [0.25, 0.3) is 0 Å². The molecule has 10 heteroatoms. The number of aryl methyl sites for hydroxylation is 1. The molecule has 0 spiro atoms. The Morgan fingerprint density at radius 2 is 1.91 bits per heavy atom. The van der Waals surface area contributed by atoms with E-state index in [4.69, 9.17) is 14.5 Å². The average molecular weight is 620 g/mol. The van der Waals surface area contributed by atoms with Gasteiger partial charge in [-0.25, -0.2) is 4.98 Å². The number of hydrogen-bond donors (Lipinski definition) is 0. The highest BCUT2D eigenvalue weighted by Gasteiger charge is 2.35. The summed E-state index contributed by atoms with van der Waals surface area (Å²) < 4.78 is 11.8. The fraction of sp³-hybridized carbons (Fsp3) is 0.444. The van der Waals surface area contributed by atoms with E-state index in [2.05, 4.69) is 76.7 Å². The van der Waals surface area contributed by atoms with E-state index in [1.54, 1.807) is 4.90 Å². The van der Waals surface area contributed by atoms with Crippen molar-refractivity contribution < 1.29 is 14.3 Å². The fourth-order valence-corrected chi connectivity index (χ4v) is 7.09. The van der Waals surface area contributed by atoms with Gasteiger partial charge < -0.3 is 24.2 Å². The van der Waals surface area contributed by atoms with E-state index in [0.29, 0.717) is 50.7 Å². The largest absolute Gasteiger partial charge is 0.477 e. The summed E-state index contributed by atoms with van der Waals surface area (Å²) in [6, 6.07) is 17.2. The maximum atomic E-state index is 12.6. The van der Waals surface area contributed by atoms with Gasteiger partial charge in [0.2, 0.25) is 11.8 Å². The molecule has 3 aliphatic rings. The van der Waals surface area contributed by atoms with E-state index in [1.807, 2.05) is 0 Å². The highest BCUT2D eigenvalue weighted by Crippen LogP contribution is 2.40. The summed E-state index contributed by atoms with van der Waals surface area (Å²) in [6.45, 7) is 13.3. The van der Waals surface area contributed by atoms with Crippen LogP contribution >= 0.6 is 0 Å². The predicted molar refractivity (Wildman–Crippen MR) is 178 cm³/mol. The molecule has 0 saturated carbocycles. The third kappa shape index (κ3) is 6.37. The topological polar surface area (TPSA) is 109 Å². The molecule has 2 fully saturated rings. The Morgan fingerprint density at radius 3 is 2.67 bits per heavy atom. The SMILES string of the molecule is C=CC(=O)N1CCN(c2c(C#N)c(OCCCN3CCOCC3)nc3c2CCN(c2cccc4cccc(C)c24)C3)C[C@@H]1CC#N. The fourth-order valence-electron chi connectivity index (χ4n) is 7.09. The minimum Gasteiger partial charge on any atom is -0.477 e. The Labute approximate surface area is 271 Å². The number of nitriles is 2. The lowest BCUT2D eigenvalue weighted by molar-refractivity contribution is -0.128. The van der Waals surface area contributed by atoms with E-state index in [0.717, 1.165) is 62.8 Å². The first-order valence-electron chi connectivity index (χ1n) is 16.2. The number of aromatic nitrogens is 1. The van der Waals surface area contributed by atoms with Crippen LogP contribution in [0.3, 0.4) is 0 Å². The van der Waals surface area contributed by atoms with Crippen LogP contribution in [0.1, 0.15) is 35.2 Å². The number of carbonyl (C=O) groups is 1. The Hall–Kier alpha value is -4.64. The normalized spacial score (nSPS) is 18.5. The smallest absolute Gasteiger partial charge is 0.246 e. The van der Waals surface area contributed by atoms with E-state index < -0.39 is 0 Å². The molecule has 1 aromatic heterocycles. The van der Waals surface area contributed by atoms with Crippen LogP contribution in [0, 0.1) is 29.6 Å². The van der Waals surface area contributed by atoms with Gasteiger partial charge in [0, 0.05) is 62.5 Å². The first kappa shape index (κ1) is 31.3. The van der Waals surface area contributed by atoms with Gasteiger partial charge in [-0.15, -0.1) is 0 Å². The predicted octanol–water partition coefficient (Wildman–Crippen LogP) is 4.20. The number of anilines is 2. The van der Waals surface area contributed by atoms with Crippen LogP contribution < -0.4 is 14.5 Å². The zero-order valence-corrected chi connectivity index (χ0v) is 26.6. The first-order chi connectivity index (χ1) is 22.5. The van der Waals surface area contributed by atoms with Gasteiger partial charge >= 0.3 is 0 Å². The Kier molecular flexibility index (Phi) is 9.68. The third-order valence-corrected chi connectivity index (χ3v) is 9.38. The van der Waals surface area contributed by atoms with E-state index in [1.165, 1.54) is 28.1 Å². The molecule has 0 radical (unpaired) electrons. The molecule has 2 aromatic carbocycles. The second kappa shape index (κ2) is 14.2. The van der Waals surface area contributed by atoms with Crippen LogP contribution in [0.2, 0.25) is 0 Å². The van der Waals surface area contributed by atoms with E-state index in [-0.39, 0.29) is 18.4 Å². The number of rotatable bonds is 9. The molecule has 10 nitrogen and oxygen atoms in total. The van der Waals surface area contributed by atoms with Gasteiger partial charge in [0.15, 0.2) is 0 Å². The monoisotopic (exact) mass is 619 g/mol. The number of carbonyl (C=O) groups excluding carboxylic acids is 1. The van der Waals surface area contributed by atoms with Crippen LogP contribution in [0.4, 0.5) is 11.4 Å². The molecule has 46 heavy (non-hydrogen) atoms. The zero-order chi connectivity index (χ0) is 32.0. The Balaban J connectivity index is 1.34. The Bertz CT molecular complexity index is 1680. The maximum absolute atomic E-state index is 12.6. The minimum atomic E-state index is -0.309. The average Bonchev–Trinajstić information content (AvgIpc) is 3.09. The molecule has 4 heterocycles. The molecule has 0 N–H and O–H groups in total. The van der Waals surface area contributed by atoms with Gasteiger partial charge in [-0.2, -0.15) is 10.5 Å². The summed E-state index contributed by atoms with van der Waals surface area (Å²) in [5.74, 6) is 0.179. The molecule has 3 aliphatic heterocycles. The van der Waals surface area contributed by atoms with Crippen LogP contribution in [0.25, 0.3) is 10.8 Å². The zero-order valence-electron chi connectivity index (χ0n) is 26.6. The van der Waals surface area contributed by atoms with Crippen molar-refractivity contribution in [2.75, 3.05) is 75.4 Å². The lowest BCUT2D eigenvalue weighted by Crippen LogP contribution is -2.55. The second-order valence-electron chi connectivity index (χ2n) is 12.2. The first-order valence-corrected chi connectivity index (χ1v) is 16.2. The van der Waals surface area contributed by atoms with Crippen molar-refractivity contribution in [2.45, 2.75) is 38.8 Å². The molecule has 1 amide bonds. The van der Waals surface area contributed by atoms with Gasteiger partial charge in [-0.3, -0.25) is 9.69 Å². The molecule has 2 saturated heterocycles. The van der Waals surface area contributed by atoms with Crippen molar-refractivity contribution in [3.63, 3.8) is 0 Å². The Morgan fingerprint density at radius 1 is 1.11 bits per heavy atom. The molecule has 0 bridgehead atoms. The van der Waals surface area contributed by atoms with Crippen molar-refractivity contribution in [3.8, 4) is 18.0 Å². The number of fused-ring (bicyclic) bond motifs is 2. The number of morpholine rings is 1.